The number of nitrogens with zero attached hydrogens (tertiary/aromatic N) is 1. The number of hydrogen-bond acceptors (Lipinski definition) is 5. The Morgan fingerprint density at radius 3 is 1.97 bits per heavy atom. The Morgan fingerprint density at radius 1 is 0.765 bits per heavy atom. The average molecular weight is 472 g/mol. The highest BCUT2D eigenvalue weighted by atomic mass is 35.5. The van der Waals surface area contributed by atoms with E-state index in [0.717, 1.165) is 4.90 Å². The van der Waals surface area contributed by atoms with Gasteiger partial charge < -0.3 is 4.74 Å². The summed E-state index contributed by atoms with van der Waals surface area (Å²) in [4.78, 5) is 55.9. The van der Waals surface area contributed by atoms with Crippen molar-refractivity contribution in [1.29, 1.82) is 0 Å². The summed E-state index contributed by atoms with van der Waals surface area (Å²) in [7, 11) is 0. The highest BCUT2D eigenvalue weighted by Crippen LogP contribution is 2.57. The number of amides is 2. The van der Waals surface area contributed by atoms with Gasteiger partial charge in [0.25, 0.3) is 0 Å². The van der Waals surface area contributed by atoms with Gasteiger partial charge in [-0.3, -0.25) is 24.1 Å². The van der Waals surface area contributed by atoms with Gasteiger partial charge in [0, 0.05) is 16.1 Å². The van der Waals surface area contributed by atoms with E-state index in [2.05, 4.69) is 0 Å². The average Bonchev–Trinajstić information content (AvgIpc) is 3.42. The van der Waals surface area contributed by atoms with Crippen LogP contribution in [-0.2, 0) is 20.9 Å². The van der Waals surface area contributed by atoms with Crippen molar-refractivity contribution in [2.75, 3.05) is 0 Å². The summed E-state index contributed by atoms with van der Waals surface area (Å²) < 4.78 is 6.24. The van der Waals surface area contributed by atoms with Gasteiger partial charge >= 0.3 is 0 Å². The molecule has 0 N–H and O–H groups in total. The summed E-state index contributed by atoms with van der Waals surface area (Å²) in [5, 5.41) is 0.538. The van der Waals surface area contributed by atoms with Crippen LogP contribution >= 0.6 is 11.6 Å². The molecule has 2 saturated heterocycles. The van der Waals surface area contributed by atoms with E-state index in [1.165, 1.54) is 0 Å². The summed E-state index contributed by atoms with van der Waals surface area (Å²) in [5.74, 6) is -4.36. The quantitative estimate of drug-likeness (QED) is 0.425. The third kappa shape index (κ3) is 2.73. The number of halogens is 1. The zero-order valence-corrected chi connectivity index (χ0v) is 18.6. The van der Waals surface area contributed by atoms with Crippen LogP contribution in [0.1, 0.15) is 37.9 Å². The normalized spacial score (nSPS) is 24.7. The van der Waals surface area contributed by atoms with Crippen molar-refractivity contribution in [3.63, 3.8) is 0 Å². The van der Waals surface area contributed by atoms with E-state index in [-0.39, 0.29) is 17.7 Å². The molecule has 6 rings (SSSR count). The topological polar surface area (TPSA) is 80.8 Å². The summed E-state index contributed by atoms with van der Waals surface area (Å²) >= 11 is 5.97. The first-order chi connectivity index (χ1) is 16.4. The molecule has 0 bridgehead atoms. The number of rotatable bonds is 3. The number of fused-ring (bicyclic) bond motifs is 3. The molecule has 6 nitrogen and oxygen atoms in total. The summed E-state index contributed by atoms with van der Waals surface area (Å²) in [6, 6.07) is 22.2. The number of ketones is 2. The second-order valence-electron chi connectivity index (χ2n) is 8.78. The molecular formula is C27H18ClNO5. The number of benzene rings is 3. The van der Waals surface area contributed by atoms with Gasteiger partial charge in [-0.25, -0.2) is 0 Å². The van der Waals surface area contributed by atoms with E-state index in [0.29, 0.717) is 16.1 Å². The Bertz CT molecular complexity index is 1330. The molecule has 1 spiro atoms. The number of imide groups is 1. The summed E-state index contributed by atoms with van der Waals surface area (Å²) in [5.41, 5.74) is -0.256. The second kappa shape index (κ2) is 7.45. The monoisotopic (exact) mass is 471 g/mol. The van der Waals surface area contributed by atoms with Gasteiger partial charge in [0.1, 0.15) is 0 Å². The molecule has 2 fully saturated rings. The molecule has 2 aliphatic heterocycles. The highest BCUT2D eigenvalue weighted by molar-refractivity contribution is 6.35. The van der Waals surface area contributed by atoms with Crippen LogP contribution in [0.25, 0.3) is 0 Å². The number of Topliss-reactive ketones (excluding diaryl/α,β-unsaturated/α-hetero) is 2. The highest BCUT2D eigenvalue weighted by Gasteiger charge is 2.74. The second-order valence-corrected chi connectivity index (χ2v) is 9.22. The lowest BCUT2D eigenvalue weighted by molar-refractivity contribution is -0.145. The summed E-state index contributed by atoms with van der Waals surface area (Å²) in [6.45, 7) is 0.0226. The van der Waals surface area contributed by atoms with Crippen LogP contribution in [0, 0.1) is 11.8 Å². The summed E-state index contributed by atoms with van der Waals surface area (Å²) in [6.07, 6.45) is -0.903. The van der Waals surface area contributed by atoms with E-state index in [1.54, 1.807) is 72.8 Å². The molecular weight excluding hydrogens is 454 g/mol. The van der Waals surface area contributed by atoms with Crippen molar-refractivity contribution in [2.45, 2.75) is 18.2 Å². The molecule has 0 saturated carbocycles. The van der Waals surface area contributed by atoms with Gasteiger partial charge in [0.15, 0.2) is 0 Å². The zero-order valence-electron chi connectivity index (χ0n) is 17.8. The molecule has 7 heteroatoms. The maximum Gasteiger partial charge on any atom is 0.237 e. The lowest BCUT2D eigenvalue weighted by Gasteiger charge is -2.27. The minimum absolute atomic E-state index is 0.0226. The first-order valence-corrected chi connectivity index (χ1v) is 11.3. The van der Waals surface area contributed by atoms with E-state index in [9.17, 15) is 19.2 Å². The first kappa shape index (κ1) is 21.0. The van der Waals surface area contributed by atoms with Crippen LogP contribution in [-0.4, -0.2) is 33.9 Å². The molecule has 3 aliphatic rings. The molecule has 3 atom stereocenters. The van der Waals surface area contributed by atoms with Crippen LogP contribution in [0.2, 0.25) is 5.02 Å². The van der Waals surface area contributed by atoms with Crippen LogP contribution in [0.15, 0.2) is 78.9 Å². The maximum absolute atomic E-state index is 13.7. The van der Waals surface area contributed by atoms with E-state index >= 15 is 0 Å². The van der Waals surface area contributed by atoms with Crippen molar-refractivity contribution in [3.05, 3.63) is 106 Å². The lowest BCUT2D eigenvalue weighted by atomic mass is 9.77. The van der Waals surface area contributed by atoms with Crippen LogP contribution in [0.4, 0.5) is 0 Å². The third-order valence-corrected chi connectivity index (χ3v) is 7.24. The van der Waals surface area contributed by atoms with Crippen molar-refractivity contribution in [3.8, 4) is 0 Å². The van der Waals surface area contributed by atoms with Gasteiger partial charge in [-0.2, -0.15) is 0 Å². The molecule has 1 aliphatic carbocycles. The number of hydrogen-bond donors (Lipinski definition) is 0. The van der Waals surface area contributed by atoms with Gasteiger partial charge in [0.05, 0.1) is 24.5 Å². The molecule has 3 aromatic rings. The molecule has 3 aromatic carbocycles. The van der Waals surface area contributed by atoms with Gasteiger partial charge in [-0.05, 0) is 23.3 Å². The maximum atomic E-state index is 13.7. The van der Waals surface area contributed by atoms with Crippen LogP contribution in [0.5, 0.6) is 0 Å². The predicted octanol–water partition coefficient (Wildman–Crippen LogP) is 4.03. The smallest absolute Gasteiger partial charge is 0.237 e. The SMILES string of the molecule is O=C1[C@H]2[C@@H](c3ccccc3)OC3(C(=O)c4ccccc4C3=O)[C@H]2C(=O)N1Cc1ccc(Cl)cc1. The molecule has 2 heterocycles. The third-order valence-electron chi connectivity index (χ3n) is 6.99. The fourth-order valence-electron chi connectivity index (χ4n) is 5.45. The number of ether oxygens (including phenoxy) is 1. The molecule has 0 radical (unpaired) electrons. The Labute approximate surface area is 200 Å². The lowest BCUT2D eigenvalue weighted by Crippen LogP contribution is -2.50. The van der Waals surface area contributed by atoms with Gasteiger partial charge in [-0.15, -0.1) is 0 Å². The molecule has 0 unspecified atom stereocenters. The van der Waals surface area contributed by atoms with Crippen molar-refractivity contribution < 1.29 is 23.9 Å². The number of carbonyl (C=O) groups excluding carboxylic acids is 4. The molecule has 2 amide bonds. The first-order valence-electron chi connectivity index (χ1n) is 10.9. The minimum atomic E-state index is -2.05. The molecule has 0 aromatic heterocycles. The predicted molar refractivity (Wildman–Crippen MR) is 122 cm³/mol. The van der Waals surface area contributed by atoms with Gasteiger partial charge in [0.2, 0.25) is 29.0 Å². The van der Waals surface area contributed by atoms with Crippen LogP contribution < -0.4 is 0 Å². The minimum Gasteiger partial charge on any atom is -0.349 e. The Balaban J connectivity index is 1.48. The number of likely N-dealkylation sites (tertiary alicyclic amines) is 1. The van der Waals surface area contributed by atoms with Crippen molar-refractivity contribution in [1.82, 2.24) is 4.90 Å². The molecule has 34 heavy (non-hydrogen) atoms. The van der Waals surface area contributed by atoms with Crippen molar-refractivity contribution >= 4 is 35.0 Å². The standard InChI is InChI=1S/C27H18ClNO5/c28-17-12-10-15(11-13-17)14-29-25(32)20-21(26(29)33)27(34-22(20)16-6-2-1-3-7-16)23(30)18-8-4-5-9-19(18)24(27)31/h1-13,20-22H,14H2/t20-,21-,22-/m1/s1. The van der Waals surface area contributed by atoms with Gasteiger partial charge in [-0.1, -0.05) is 78.3 Å². The molecule has 168 valence electrons. The Morgan fingerprint density at radius 2 is 1.35 bits per heavy atom. The van der Waals surface area contributed by atoms with Crippen LogP contribution in [0.3, 0.4) is 0 Å². The van der Waals surface area contributed by atoms with E-state index in [4.69, 9.17) is 16.3 Å². The Kier molecular flexibility index (Phi) is 4.59. The fraction of sp³-hybridized carbons (Fsp3) is 0.185. The zero-order chi connectivity index (χ0) is 23.6. The largest absolute Gasteiger partial charge is 0.349 e. The fourth-order valence-corrected chi connectivity index (χ4v) is 5.57. The van der Waals surface area contributed by atoms with E-state index in [1.807, 2.05) is 6.07 Å². The Hall–Kier alpha value is -3.61. The number of carbonyl (C=O) groups is 4. The van der Waals surface area contributed by atoms with E-state index < -0.39 is 46.9 Å². The van der Waals surface area contributed by atoms with Crippen molar-refractivity contribution in [2.24, 2.45) is 11.8 Å².